The lowest BCUT2D eigenvalue weighted by Crippen LogP contribution is -2.17. The molecule has 0 aliphatic rings. The van der Waals surface area contributed by atoms with Gasteiger partial charge >= 0.3 is 0 Å². The number of hydrogen-bond donors (Lipinski definition) is 0. The number of benzene rings is 1. The van der Waals surface area contributed by atoms with Crippen molar-refractivity contribution in [2.45, 2.75) is 13.1 Å². The van der Waals surface area contributed by atoms with Gasteiger partial charge in [-0.25, -0.2) is 9.37 Å². The average Bonchev–Trinajstić information content (AvgIpc) is 2.77. The van der Waals surface area contributed by atoms with Gasteiger partial charge in [0.1, 0.15) is 5.82 Å². The number of nitrogens with zero attached hydrogens (tertiary/aromatic N) is 2. The van der Waals surface area contributed by atoms with Crippen molar-refractivity contribution in [2.24, 2.45) is 0 Å². The van der Waals surface area contributed by atoms with Crippen molar-refractivity contribution in [1.29, 1.82) is 0 Å². The summed E-state index contributed by atoms with van der Waals surface area (Å²) in [5.41, 5.74) is 3.81. The summed E-state index contributed by atoms with van der Waals surface area (Å²) in [6.45, 7) is 1.46. The lowest BCUT2D eigenvalue weighted by Gasteiger charge is -2.16. The minimum atomic E-state index is -0.218. The van der Waals surface area contributed by atoms with Gasteiger partial charge in [0.2, 0.25) is 0 Å². The van der Waals surface area contributed by atoms with Gasteiger partial charge in [-0.1, -0.05) is 12.1 Å². The van der Waals surface area contributed by atoms with Gasteiger partial charge in [-0.2, -0.15) is 0 Å². The van der Waals surface area contributed by atoms with Gasteiger partial charge < -0.3 is 0 Å². The smallest absolute Gasteiger partial charge is 0.137 e. The van der Waals surface area contributed by atoms with Crippen molar-refractivity contribution in [1.82, 2.24) is 9.88 Å². The first-order valence-corrected chi connectivity index (χ1v) is 6.89. The maximum absolute atomic E-state index is 13.3. The van der Waals surface area contributed by atoms with Crippen molar-refractivity contribution in [3.05, 3.63) is 50.6 Å². The molecule has 0 unspecified atom stereocenters. The molecular weight excluding hydrogens is 303 g/mol. The summed E-state index contributed by atoms with van der Waals surface area (Å²) in [7, 11) is 2.00. The summed E-state index contributed by atoms with van der Waals surface area (Å²) < 4.78 is 13.9. The first kappa shape index (κ1) is 12.7. The van der Waals surface area contributed by atoms with E-state index in [4.69, 9.17) is 0 Å². The van der Waals surface area contributed by atoms with Crippen LogP contribution in [0.25, 0.3) is 0 Å². The highest BCUT2D eigenvalue weighted by atomic mass is 79.9. The molecule has 0 radical (unpaired) electrons. The van der Waals surface area contributed by atoms with E-state index in [1.807, 2.05) is 24.0 Å². The highest BCUT2D eigenvalue weighted by molar-refractivity contribution is 9.10. The van der Waals surface area contributed by atoms with Crippen LogP contribution in [0.4, 0.5) is 4.39 Å². The van der Waals surface area contributed by atoms with Gasteiger partial charge in [0.05, 0.1) is 15.7 Å². The molecule has 5 heteroatoms. The lowest BCUT2D eigenvalue weighted by atomic mass is 10.2. The van der Waals surface area contributed by atoms with Gasteiger partial charge in [0.15, 0.2) is 0 Å². The number of aromatic nitrogens is 1. The molecular formula is C12H12BrFN2S. The van der Waals surface area contributed by atoms with E-state index < -0.39 is 0 Å². The predicted octanol–water partition coefficient (Wildman–Crippen LogP) is 3.68. The first-order valence-electron chi connectivity index (χ1n) is 5.15. The summed E-state index contributed by atoms with van der Waals surface area (Å²) in [4.78, 5) is 6.33. The van der Waals surface area contributed by atoms with E-state index in [1.165, 1.54) is 6.07 Å². The molecule has 0 saturated carbocycles. The Balaban J connectivity index is 2.03. The largest absolute Gasteiger partial charge is 0.296 e. The molecule has 0 aliphatic heterocycles. The highest BCUT2D eigenvalue weighted by Gasteiger charge is 2.08. The van der Waals surface area contributed by atoms with Gasteiger partial charge in [0.25, 0.3) is 0 Å². The molecule has 90 valence electrons. The molecule has 0 saturated heterocycles. The van der Waals surface area contributed by atoms with Gasteiger partial charge in [0, 0.05) is 18.5 Å². The summed E-state index contributed by atoms with van der Waals surface area (Å²) in [5, 5.41) is 2.02. The van der Waals surface area contributed by atoms with Crippen molar-refractivity contribution in [2.75, 3.05) is 7.05 Å². The zero-order chi connectivity index (χ0) is 12.3. The summed E-state index contributed by atoms with van der Waals surface area (Å²) >= 11 is 4.86. The Hall–Kier alpha value is -0.780. The molecule has 1 aromatic heterocycles. The van der Waals surface area contributed by atoms with Crippen LogP contribution >= 0.6 is 27.3 Å². The van der Waals surface area contributed by atoms with E-state index in [9.17, 15) is 4.39 Å². The molecule has 0 spiro atoms. The second kappa shape index (κ2) is 5.71. The van der Waals surface area contributed by atoms with Gasteiger partial charge in [-0.3, -0.25) is 4.90 Å². The lowest BCUT2D eigenvalue weighted by molar-refractivity contribution is 0.314. The molecule has 0 fully saturated rings. The monoisotopic (exact) mass is 314 g/mol. The van der Waals surface area contributed by atoms with Crippen LogP contribution in [-0.4, -0.2) is 16.9 Å². The van der Waals surface area contributed by atoms with Gasteiger partial charge in [-0.05, 0) is 34.6 Å². The fourth-order valence-corrected chi connectivity index (χ4v) is 2.55. The molecule has 1 aromatic carbocycles. The SMILES string of the molecule is CN(Cc1cscn1)Cc1cccc(F)c1Br. The number of rotatable bonds is 4. The Labute approximate surface area is 112 Å². The van der Waals surface area contributed by atoms with E-state index in [0.29, 0.717) is 11.0 Å². The molecule has 2 rings (SSSR count). The maximum atomic E-state index is 13.3. The third-order valence-corrected chi connectivity index (χ3v) is 3.91. The van der Waals surface area contributed by atoms with Crippen molar-refractivity contribution < 1.29 is 4.39 Å². The quantitative estimate of drug-likeness (QED) is 0.856. The predicted molar refractivity (Wildman–Crippen MR) is 71.4 cm³/mol. The topological polar surface area (TPSA) is 16.1 Å². The third kappa shape index (κ3) is 3.34. The summed E-state index contributed by atoms with van der Waals surface area (Å²) in [6, 6.07) is 5.10. The Kier molecular flexibility index (Phi) is 4.25. The van der Waals surface area contributed by atoms with Crippen LogP contribution in [0.1, 0.15) is 11.3 Å². The Morgan fingerprint density at radius 2 is 2.24 bits per heavy atom. The minimum absolute atomic E-state index is 0.218. The molecule has 2 nitrogen and oxygen atoms in total. The molecule has 0 atom stereocenters. The van der Waals surface area contributed by atoms with Gasteiger partial charge in [-0.15, -0.1) is 11.3 Å². The molecule has 1 heterocycles. The van der Waals surface area contributed by atoms with E-state index in [1.54, 1.807) is 17.4 Å². The third-order valence-electron chi connectivity index (χ3n) is 2.39. The Bertz CT molecular complexity index is 487. The fraction of sp³-hybridized carbons (Fsp3) is 0.250. The second-order valence-electron chi connectivity index (χ2n) is 3.87. The minimum Gasteiger partial charge on any atom is -0.296 e. The zero-order valence-corrected chi connectivity index (χ0v) is 11.8. The summed E-state index contributed by atoms with van der Waals surface area (Å²) in [6.07, 6.45) is 0. The van der Waals surface area contributed by atoms with Crippen LogP contribution in [0.2, 0.25) is 0 Å². The number of hydrogen-bond acceptors (Lipinski definition) is 3. The Morgan fingerprint density at radius 1 is 1.41 bits per heavy atom. The molecule has 0 amide bonds. The van der Waals surface area contributed by atoms with E-state index in [-0.39, 0.29) is 5.82 Å². The number of halogens is 2. The standard InChI is InChI=1S/C12H12BrFN2S/c1-16(6-10-7-17-8-15-10)5-9-3-2-4-11(14)12(9)13/h2-4,7-8H,5-6H2,1H3. The molecule has 0 aliphatic carbocycles. The molecule has 2 aromatic rings. The zero-order valence-electron chi connectivity index (χ0n) is 9.36. The fourth-order valence-electron chi connectivity index (χ4n) is 1.61. The van der Waals surface area contributed by atoms with Crippen LogP contribution in [-0.2, 0) is 13.1 Å². The van der Waals surface area contributed by atoms with E-state index in [0.717, 1.165) is 17.8 Å². The van der Waals surface area contributed by atoms with Crippen molar-refractivity contribution in [3.8, 4) is 0 Å². The Morgan fingerprint density at radius 3 is 2.94 bits per heavy atom. The van der Waals surface area contributed by atoms with Crippen LogP contribution in [0.15, 0.2) is 33.6 Å². The van der Waals surface area contributed by atoms with Crippen LogP contribution in [0.5, 0.6) is 0 Å². The van der Waals surface area contributed by atoms with Crippen LogP contribution in [0.3, 0.4) is 0 Å². The van der Waals surface area contributed by atoms with Crippen molar-refractivity contribution >= 4 is 27.3 Å². The van der Waals surface area contributed by atoms with Crippen LogP contribution < -0.4 is 0 Å². The van der Waals surface area contributed by atoms with E-state index >= 15 is 0 Å². The number of thiazole rings is 1. The maximum Gasteiger partial charge on any atom is 0.137 e. The molecule has 0 N–H and O–H groups in total. The summed E-state index contributed by atoms with van der Waals surface area (Å²) in [5.74, 6) is -0.218. The normalized spacial score (nSPS) is 11.1. The first-order chi connectivity index (χ1) is 8.16. The second-order valence-corrected chi connectivity index (χ2v) is 5.38. The molecule has 0 bridgehead atoms. The molecule has 17 heavy (non-hydrogen) atoms. The highest BCUT2D eigenvalue weighted by Crippen LogP contribution is 2.21. The van der Waals surface area contributed by atoms with Crippen molar-refractivity contribution in [3.63, 3.8) is 0 Å². The van der Waals surface area contributed by atoms with Crippen LogP contribution in [0, 0.1) is 5.82 Å². The van der Waals surface area contributed by atoms with E-state index in [2.05, 4.69) is 25.8 Å². The average molecular weight is 315 g/mol.